The first-order valence-electron chi connectivity index (χ1n) is 16.6. The number of nitrogens with zero attached hydrogens (tertiary/aromatic N) is 2. The van der Waals surface area contributed by atoms with Crippen molar-refractivity contribution < 1.29 is 23.3 Å². The number of pyridine rings is 2. The van der Waals surface area contributed by atoms with E-state index < -0.39 is 21.8 Å². The number of fused-ring (bicyclic) bond motifs is 2. The number of benzene rings is 2. The number of aromatic nitrogens is 2. The van der Waals surface area contributed by atoms with Crippen LogP contribution >= 0.6 is 0 Å². The van der Waals surface area contributed by atoms with Gasteiger partial charge in [-0.2, -0.15) is 0 Å². The predicted molar refractivity (Wildman–Crippen MR) is 205 cm³/mol. The lowest BCUT2D eigenvalue weighted by Gasteiger charge is -2.21. The Morgan fingerprint density at radius 2 is 1.12 bits per heavy atom. The van der Waals surface area contributed by atoms with Crippen LogP contribution in [0.2, 0.25) is 0 Å². The van der Waals surface area contributed by atoms with Gasteiger partial charge in [-0.15, -0.1) is 0 Å². The lowest BCUT2D eigenvalue weighted by atomic mass is 9.92. The van der Waals surface area contributed by atoms with Crippen molar-refractivity contribution in [2.24, 2.45) is 16.6 Å². The van der Waals surface area contributed by atoms with Gasteiger partial charge in [-0.1, -0.05) is 60.7 Å². The molecule has 3 N–H and O–H groups in total. The van der Waals surface area contributed by atoms with Gasteiger partial charge in [0.1, 0.15) is 0 Å². The highest BCUT2D eigenvalue weighted by molar-refractivity contribution is 7.84. The van der Waals surface area contributed by atoms with Crippen molar-refractivity contribution in [2.45, 2.75) is 79.1 Å². The van der Waals surface area contributed by atoms with E-state index in [9.17, 15) is 13.8 Å². The molecule has 9 nitrogen and oxygen atoms in total. The molecule has 3 atom stereocenters. The quantitative estimate of drug-likeness (QED) is 0.159. The number of hydrogen-bond acceptors (Lipinski definition) is 8. The molecule has 0 unspecified atom stereocenters. The van der Waals surface area contributed by atoms with Gasteiger partial charge in [0.2, 0.25) is 0 Å². The van der Waals surface area contributed by atoms with Gasteiger partial charge < -0.3 is 15.2 Å². The number of ether oxygens (including phenoxy) is 2. The second-order valence-electron chi connectivity index (χ2n) is 14.5. The highest BCUT2D eigenvalue weighted by Gasteiger charge is 2.26. The minimum Gasteiger partial charge on any atom is -0.468 e. The van der Waals surface area contributed by atoms with E-state index in [1.165, 1.54) is 14.2 Å². The molecule has 268 valence electrons. The maximum absolute atomic E-state index is 12.4. The molecule has 0 spiro atoms. The average molecular weight is 701 g/mol. The summed E-state index contributed by atoms with van der Waals surface area (Å²) < 4.78 is 24.8. The second kappa shape index (κ2) is 16.6. The largest absolute Gasteiger partial charge is 0.468 e. The molecule has 0 amide bonds. The van der Waals surface area contributed by atoms with Crippen LogP contribution in [-0.4, -0.2) is 45.1 Å². The number of methoxy groups -OCH3 is 2. The fourth-order valence-electron chi connectivity index (χ4n) is 4.67. The van der Waals surface area contributed by atoms with Crippen molar-refractivity contribution in [3.63, 3.8) is 0 Å². The van der Waals surface area contributed by atoms with Crippen LogP contribution in [-0.2, 0) is 30.0 Å². The molecule has 0 radical (unpaired) electrons. The van der Waals surface area contributed by atoms with Crippen molar-refractivity contribution in [1.82, 2.24) is 14.7 Å². The Labute approximate surface area is 299 Å². The molecular formula is C40H52N4O5S. The summed E-state index contributed by atoms with van der Waals surface area (Å²) >= 11 is 0. The third kappa shape index (κ3) is 10.9. The standard InChI is InChI=1S/C22H30N2O3S.C18H22N2O2/c1-15(24-28(26)21(2,3)4)18-11-10-17-9-8-16(14-19(17)23-18)12-13-22(5,6)20(25)27-7;1-12(19)15-8-7-14-6-5-13(11-16(14)20-15)9-10-18(2,3)17(21)22-4/h8-15,24H,1-7H3;5-12H,19H2,1-4H3/b13-12+;10-9+/t15-,28-;12-/m11/s1. The Kier molecular flexibility index (Phi) is 13.4. The molecule has 0 saturated heterocycles. The number of carbonyl (C=O) groups is 2. The molecule has 2 aromatic carbocycles. The minimum absolute atomic E-state index is 0.0955. The van der Waals surface area contributed by atoms with Crippen LogP contribution in [0.1, 0.15) is 96.9 Å². The van der Waals surface area contributed by atoms with Gasteiger partial charge >= 0.3 is 11.9 Å². The van der Waals surface area contributed by atoms with E-state index in [4.69, 9.17) is 20.2 Å². The Balaban J connectivity index is 0.000000278. The summed E-state index contributed by atoms with van der Waals surface area (Å²) in [5.41, 5.74) is 9.90. The molecule has 0 saturated carbocycles. The van der Waals surface area contributed by atoms with Crippen molar-refractivity contribution in [1.29, 1.82) is 0 Å². The zero-order chi connectivity index (χ0) is 37.4. The smallest absolute Gasteiger partial charge is 0.315 e. The monoisotopic (exact) mass is 700 g/mol. The van der Waals surface area contributed by atoms with Gasteiger partial charge in [0.15, 0.2) is 0 Å². The summed E-state index contributed by atoms with van der Waals surface area (Å²) in [6, 6.07) is 19.7. The normalized spacial score (nSPS) is 14.3. The Morgan fingerprint density at radius 3 is 1.52 bits per heavy atom. The van der Waals surface area contributed by atoms with Gasteiger partial charge in [-0.3, -0.25) is 19.6 Å². The van der Waals surface area contributed by atoms with Crippen molar-refractivity contribution in [2.75, 3.05) is 14.2 Å². The summed E-state index contributed by atoms with van der Waals surface area (Å²) in [5.74, 6) is -0.543. The molecule has 0 aliphatic rings. The van der Waals surface area contributed by atoms with Gasteiger partial charge in [-0.25, -0.2) is 8.93 Å². The highest BCUT2D eigenvalue weighted by atomic mass is 32.2. The van der Waals surface area contributed by atoms with Crippen molar-refractivity contribution in [3.8, 4) is 0 Å². The Morgan fingerprint density at radius 1 is 0.720 bits per heavy atom. The van der Waals surface area contributed by atoms with Crippen molar-refractivity contribution >= 4 is 56.9 Å². The van der Waals surface area contributed by atoms with Crippen LogP contribution in [0.4, 0.5) is 0 Å². The number of nitrogens with one attached hydrogen (secondary N) is 1. The zero-order valence-corrected chi connectivity index (χ0v) is 32.0. The molecule has 0 bridgehead atoms. The fourth-order valence-corrected chi connectivity index (χ4v) is 5.47. The van der Waals surface area contributed by atoms with Gasteiger partial charge in [-0.05, 0) is 97.7 Å². The van der Waals surface area contributed by atoms with Crippen LogP contribution in [0.15, 0.2) is 72.8 Å². The first-order valence-corrected chi connectivity index (χ1v) is 17.7. The van der Waals surface area contributed by atoms with Gasteiger partial charge in [0.05, 0.1) is 69.2 Å². The molecule has 2 heterocycles. The molecule has 0 aliphatic carbocycles. The average Bonchev–Trinajstić information content (AvgIpc) is 3.08. The number of rotatable bonds is 10. The van der Waals surface area contributed by atoms with Crippen molar-refractivity contribution in [3.05, 3.63) is 95.3 Å². The number of carbonyl (C=O) groups excluding carboxylic acids is 2. The predicted octanol–water partition coefficient (Wildman–Crippen LogP) is 8.03. The third-order valence-electron chi connectivity index (χ3n) is 8.03. The SMILES string of the molecule is COC(=O)C(C)(C)/C=C/c1ccc2ccc([C@@H](C)N)nc2c1.COC(=O)C(C)(C)/C=C/c1ccc2ccc([C@@H](C)N[S@](=O)C(C)(C)C)nc2c1. The molecule has 4 rings (SSSR count). The number of hydrogen-bond donors (Lipinski definition) is 2. The first-order chi connectivity index (χ1) is 23.3. The zero-order valence-electron chi connectivity index (χ0n) is 31.2. The minimum atomic E-state index is -1.17. The molecule has 2 aromatic heterocycles. The molecule has 0 aliphatic heterocycles. The second-order valence-corrected chi connectivity index (χ2v) is 16.5. The van der Waals surface area contributed by atoms with E-state index >= 15 is 0 Å². The van der Waals surface area contributed by atoms with Gasteiger partial charge in [0, 0.05) is 16.8 Å². The molecule has 0 fully saturated rings. The highest BCUT2D eigenvalue weighted by Crippen LogP contribution is 2.25. The fraction of sp³-hybridized carbons (Fsp3) is 0.400. The maximum atomic E-state index is 12.4. The van der Waals surface area contributed by atoms with Gasteiger partial charge in [0.25, 0.3) is 0 Å². The van der Waals surface area contributed by atoms with Crippen LogP contribution in [0.25, 0.3) is 34.0 Å². The summed E-state index contributed by atoms with van der Waals surface area (Å²) in [4.78, 5) is 32.8. The number of nitrogens with two attached hydrogens (primary N) is 1. The van der Waals surface area contributed by atoms with E-state index in [0.29, 0.717) is 0 Å². The summed E-state index contributed by atoms with van der Waals surface area (Å²) in [5, 5.41) is 2.09. The van der Waals surface area contributed by atoms with Crippen LogP contribution < -0.4 is 10.5 Å². The molecule has 4 aromatic rings. The van der Waals surface area contributed by atoms with E-state index in [1.807, 2.05) is 147 Å². The first kappa shape index (κ1) is 40.2. The van der Waals surface area contributed by atoms with E-state index in [-0.39, 0.29) is 28.8 Å². The number of esters is 2. The van der Waals surface area contributed by atoms with E-state index in [1.54, 1.807) is 0 Å². The van der Waals surface area contributed by atoms with E-state index in [0.717, 1.165) is 44.3 Å². The van der Waals surface area contributed by atoms with Crippen LogP contribution in [0, 0.1) is 10.8 Å². The topological polar surface area (TPSA) is 134 Å². The summed E-state index contributed by atoms with van der Waals surface area (Å²) in [7, 11) is 1.62. The lowest BCUT2D eigenvalue weighted by Crippen LogP contribution is -2.35. The lowest BCUT2D eigenvalue weighted by molar-refractivity contribution is -0.148. The van der Waals surface area contributed by atoms with E-state index in [2.05, 4.69) is 9.71 Å². The summed E-state index contributed by atoms with van der Waals surface area (Å²) in [6.07, 6.45) is 7.49. The Hall–Kier alpha value is -4.25. The third-order valence-corrected chi connectivity index (χ3v) is 9.71. The molecular weight excluding hydrogens is 649 g/mol. The van der Waals surface area contributed by atoms with Crippen LogP contribution in [0.5, 0.6) is 0 Å². The molecule has 50 heavy (non-hydrogen) atoms. The van der Waals surface area contributed by atoms with Crippen LogP contribution in [0.3, 0.4) is 0 Å². The summed E-state index contributed by atoms with van der Waals surface area (Å²) in [6.45, 7) is 17.0. The molecule has 10 heteroatoms. The Bertz CT molecular complexity index is 1910. The maximum Gasteiger partial charge on any atom is 0.315 e.